The summed E-state index contributed by atoms with van der Waals surface area (Å²) in [6, 6.07) is 0. The van der Waals surface area contributed by atoms with Crippen molar-refractivity contribution in [1.29, 1.82) is 0 Å². The van der Waals surface area contributed by atoms with Gasteiger partial charge in [-0.1, -0.05) is 32.9 Å². The first kappa shape index (κ1) is 12.8. The number of aliphatic hydroxyl groups is 1. The van der Waals surface area contributed by atoms with E-state index in [0.717, 1.165) is 25.7 Å². The van der Waals surface area contributed by atoms with Gasteiger partial charge in [0.05, 0.1) is 6.10 Å². The Kier molecular flexibility index (Phi) is 3.19. The maximum atomic E-state index is 12.3. The number of ketones is 1. The van der Waals surface area contributed by atoms with Gasteiger partial charge in [0, 0.05) is 17.3 Å². The summed E-state index contributed by atoms with van der Waals surface area (Å²) in [6.07, 6.45) is 3.32. The molecule has 0 radical (unpaired) electrons. The molecule has 2 saturated carbocycles. The minimum absolute atomic E-state index is 0.0919. The molecule has 0 aromatic rings. The van der Waals surface area contributed by atoms with Crippen LogP contribution in [-0.2, 0) is 4.79 Å². The number of allylic oxidation sites excluding steroid dienone is 1. The Morgan fingerprint density at radius 1 is 1.47 bits per heavy atom. The molecule has 0 aromatic carbocycles. The van der Waals surface area contributed by atoms with E-state index in [1.165, 1.54) is 5.57 Å². The molecule has 17 heavy (non-hydrogen) atoms. The fourth-order valence-corrected chi connectivity index (χ4v) is 3.92. The molecule has 0 aliphatic heterocycles. The molecule has 96 valence electrons. The van der Waals surface area contributed by atoms with Crippen LogP contribution in [-0.4, -0.2) is 17.0 Å². The van der Waals surface area contributed by atoms with Crippen LogP contribution in [0, 0.1) is 23.2 Å². The smallest absolute Gasteiger partial charge is 0.139 e. The molecule has 0 unspecified atom stereocenters. The Morgan fingerprint density at radius 3 is 2.71 bits per heavy atom. The van der Waals surface area contributed by atoms with Crippen molar-refractivity contribution in [3.8, 4) is 0 Å². The largest absolute Gasteiger partial charge is 0.393 e. The van der Waals surface area contributed by atoms with E-state index in [0.29, 0.717) is 5.78 Å². The quantitative estimate of drug-likeness (QED) is 0.748. The number of rotatable bonds is 2. The third-order valence-corrected chi connectivity index (χ3v) is 4.98. The van der Waals surface area contributed by atoms with Crippen LogP contribution in [0.2, 0.25) is 0 Å². The molecule has 2 rings (SSSR count). The van der Waals surface area contributed by atoms with Gasteiger partial charge in [0.1, 0.15) is 5.78 Å². The van der Waals surface area contributed by atoms with E-state index in [9.17, 15) is 9.90 Å². The second-order valence-corrected chi connectivity index (χ2v) is 6.40. The zero-order valence-corrected chi connectivity index (χ0v) is 11.2. The first-order chi connectivity index (χ1) is 7.88. The van der Waals surface area contributed by atoms with Crippen LogP contribution in [0.1, 0.15) is 46.5 Å². The molecule has 1 N–H and O–H groups in total. The SMILES string of the molecule is C=C1CC[C@@H](O)[C@]2(C)CC[C@@H](C(=O)C(C)C)[C@H]12. The van der Waals surface area contributed by atoms with Crippen LogP contribution < -0.4 is 0 Å². The second kappa shape index (κ2) is 4.24. The van der Waals surface area contributed by atoms with E-state index in [4.69, 9.17) is 0 Å². The zero-order chi connectivity index (χ0) is 12.8. The lowest BCUT2D eigenvalue weighted by atomic mass is 9.63. The first-order valence-corrected chi connectivity index (χ1v) is 6.77. The van der Waals surface area contributed by atoms with Crippen molar-refractivity contribution in [1.82, 2.24) is 0 Å². The fourth-order valence-electron chi connectivity index (χ4n) is 3.92. The molecule has 0 heterocycles. The third kappa shape index (κ3) is 1.87. The third-order valence-electron chi connectivity index (χ3n) is 4.98. The summed E-state index contributed by atoms with van der Waals surface area (Å²) in [5.74, 6) is 0.756. The van der Waals surface area contributed by atoms with E-state index in [2.05, 4.69) is 13.5 Å². The lowest BCUT2D eigenvalue weighted by molar-refractivity contribution is -0.128. The van der Waals surface area contributed by atoms with Gasteiger partial charge in [-0.15, -0.1) is 0 Å². The minimum Gasteiger partial charge on any atom is -0.393 e. The Bertz CT molecular complexity index is 345. The van der Waals surface area contributed by atoms with Gasteiger partial charge in [0.15, 0.2) is 0 Å². The van der Waals surface area contributed by atoms with Gasteiger partial charge in [-0.3, -0.25) is 4.79 Å². The van der Waals surface area contributed by atoms with E-state index >= 15 is 0 Å². The number of aliphatic hydroxyl groups excluding tert-OH is 1. The second-order valence-electron chi connectivity index (χ2n) is 6.40. The average molecular weight is 236 g/mol. The predicted molar refractivity (Wildman–Crippen MR) is 68.5 cm³/mol. The number of carbonyl (C=O) groups excluding carboxylic acids is 1. The highest BCUT2D eigenvalue weighted by atomic mass is 16.3. The fraction of sp³-hybridized carbons (Fsp3) is 0.800. The van der Waals surface area contributed by atoms with Crippen molar-refractivity contribution in [2.75, 3.05) is 0 Å². The molecule has 0 saturated heterocycles. The molecule has 2 nitrogen and oxygen atoms in total. The van der Waals surface area contributed by atoms with Gasteiger partial charge in [0.2, 0.25) is 0 Å². The molecule has 2 heteroatoms. The van der Waals surface area contributed by atoms with E-state index in [1.807, 2.05) is 13.8 Å². The Labute approximate surface area is 104 Å². The summed E-state index contributed by atoms with van der Waals surface area (Å²) in [5, 5.41) is 10.2. The van der Waals surface area contributed by atoms with Crippen LogP contribution in [0.3, 0.4) is 0 Å². The Morgan fingerprint density at radius 2 is 2.12 bits per heavy atom. The summed E-state index contributed by atoms with van der Waals surface area (Å²) in [5.41, 5.74) is 1.08. The summed E-state index contributed by atoms with van der Waals surface area (Å²) < 4.78 is 0. The topological polar surface area (TPSA) is 37.3 Å². The average Bonchev–Trinajstić information content (AvgIpc) is 2.63. The van der Waals surface area contributed by atoms with Crippen molar-refractivity contribution in [2.24, 2.45) is 23.2 Å². The standard InChI is InChI=1S/C15H24O2/c1-9(2)14(17)11-7-8-15(4)12(16)6-5-10(3)13(11)15/h9,11-13,16H,3,5-8H2,1-2,4H3/t11-,12-,13+,15+/m1/s1. The van der Waals surface area contributed by atoms with Crippen molar-refractivity contribution in [3.05, 3.63) is 12.2 Å². The maximum absolute atomic E-state index is 12.3. The Balaban J connectivity index is 2.29. The first-order valence-electron chi connectivity index (χ1n) is 6.77. The highest BCUT2D eigenvalue weighted by Crippen LogP contribution is 2.57. The van der Waals surface area contributed by atoms with E-state index in [-0.39, 0.29) is 29.3 Å². The summed E-state index contributed by atoms with van der Waals surface area (Å²) in [7, 11) is 0. The predicted octanol–water partition coefficient (Wildman–Crippen LogP) is 2.95. The molecule has 2 aliphatic rings. The van der Waals surface area contributed by atoms with Crippen LogP contribution in [0.4, 0.5) is 0 Å². The highest BCUT2D eigenvalue weighted by molar-refractivity contribution is 5.84. The zero-order valence-electron chi connectivity index (χ0n) is 11.2. The number of fused-ring (bicyclic) bond motifs is 1. The van der Waals surface area contributed by atoms with Gasteiger partial charge >= 0.3 is 0 Å². The van der Waals surface area contributed by atoms with Crippen molar-refractivity contribution in [3.63, 3.8) is 0 Å². The number of hydrogen-bond acceptors (Lipinski definition) is 2. The molecule has 0 amide bonds. The van der Waals surface area contributed by atoms with Crippen LogP contribution >= 0.6 is 0 Å². The van der Waals surface area contributed by atoms with Crippen molar-refractivity contribution >= 4 is 5.78 Å². The summed E-state index contributed by atoms with van der Waals surface area (Å²) in [4.78, 5) is 12.3. The van der Waals surface area contributed by atoms with Crippen molar-refractivity contribution < 1.29 is 9.90 Å². The Hall–Kier alpha value is -0.630. The van der Waals surface area contributed by atoms with Gasteiger partial charge in [-0.2, -0.15) is 0 Å². The normalized spacial score (nSPS) is 41.7. The number of carbonyl (C=O) groups is 1. The molecule has 2 fully saturated rings. The molecular formula is C15H24O2. The molecular weight excluding hydrogens is 212 g/mol. The minimum atomic E-state index is -0.261. The monoisotopic (exact) mass is 236 g/mol. The van der Waals surface area contributed by atoms with Crippen LogP contribution in [0.25, 0.3) is 0 Å². The maximum Gasteiger partial charge on any atom is 0.139 e. The number of hydrogen-bond donors (Lipinski definition) is 1. The molecule has 2 aliphatic carbocycles. The summed E-state index contributed by atoms with van der Waals surface area (Å²) in [6.45, 7) is 10.2. The van der Waals surface area contributed by atoms with Crippen molar-refractivity contribution in [2.45, 2.75) is 52.6 Å². The highest BCUT2D eigenvalue weighted by Gasteiger charge is 2.54. The van der Waals surface area contributed by atoms with Gasteiger partial charge in [-0.25, -0.2) is 0 Å². The van der Waals surface area contributed by atoms with Crippen LogP contribution in [0.5, 0.6) is 0 Å². The molecule has 0 bridgehead atoms. The molecule has 0 aromatic heterocycles. The molecule has 4 atom stereocenters. The van der Waals surface area contributed by atoms with E-state index in [1.54, 1.807) is 0 Å². The van der Waals surface area contributed by atoms with Gasteiger partial charge in [-0.05, 0) is 31.6 Å². The molecule has 0 spiro atoms. The lowest BCUT2D eigenvalue weighted by Crippen LogP contribution is -2.43. The van der Waals surface area contributed by atoms with E-state index < -0.39 is 0 Å². The van der Waals surface area contributed by atoms with Gasteiger partial charge in [0.25, 0.3) is 0 Å². The summed E-state index contributed by atoms with van der Waals surface area (Å²) >= 11 is 0. The number of Topliss-reactive ketones (excluding diaryl/α,β-unsaturated/α-hetero) is 1. The van der Waals surface area contributed by atoms with Gasteiger partial charge < -0.3 is 5.11 Å². The van der Waals surface area contributed by atoms with Crippen LogP contribution in [0.15, 0.2) is 12.2 Å². The lowest BCUT2D eigenvalue weighted by Gasteiger charge is -2.43.